The molecular weight excluding hydrogens is 230 g/mol. The molecule has 0 aliphatic carbocycles. The Balaban J connectivity index is 2.08. The first-order valence-corrected chi connectivity index (χ1v) is 6.26. The molecule has 1 amide bonds. The molecule has 1 aliphatic rings. The number of carbonyl (C=O) groups excluding carboxylic acids is 1. The number of benzene rings is 1. The Morgan fingerprint density at radius 1 is 1.44 bits per heavy atom. The third-order valence-corrected chi connectivity index (χ3v) is 3.21. The molecule has 0 fully saturated rings. The van der Waals surface area contributed by atoms with Gasteiger partial charge in [-0.15, -0.1) is 0 Å². The van der Waals surface area contributed by atoms with Gasteiger partial charge in [-0.05, 0) is 36.6 Å². The van der Waals surface area contributed by atoms with Crippen molar-refractivity contribution in [3.63, 3.8) is 0 Å². The van der Waals surface area contributed by atoms with Gasteiger partial charge in [0.05, 0.1) is 13.2 Å². The molecule has 18 heavy (non-hydrogen) atoms. The van der Waals surface area contributed by atoms with E-state index in [1.54, 1.807) is 6.92 Å². The van der Waals surface area contributed by atoms with Gasteiger partial charge in [-0.3, -0.25) is 4.79 Å². The van der Waals surface area contributed by atoms with E-state index in [4.69, 9.17) is 4.74 Å². The number of aliphatic hydroxyl groups is 1. The zero-order valence-corrected chi connectivity index (χ0v) is 10.8. The van der Waals surface area contributed by atoms with Crippen LogP contribution in [0.5, 0.6) is 0 Å². The van der Waals surface area contributed by atoms with Crippen LogP contribution in [0.2, 0.25) is 0 Å². The highest BCUT2D eigenvalue weighted by Crippen LogP contribution is 2.24. The van der Waals surface area contributed by atoms with Crippen LogP contribution in [0.15, 0.2) is 18.2 Å². The van der Waals surface area contributed by atoms with Crippen LogP contribution in [-0.4, -0.2) is 16.6 Å². The molecule has 0 spiro atoms. The van der Waals surface area contributed by atoms with Gasteiger partial charge in [0, 0.05) is 5.69 Å². The maximum absolute atomic E-state index is 11.9. The van der Waals surface area contributed by atoms with Gasteiger partial charge in [0.2, 0.25) is 0 Å². The van der Waals surface area contributed by atoms with Crippen molar-refractivity contribution in [3.8, 4) is 0 Å². The summed E-state index contributed by atoms with van der Waals surface area (Å²) < 4.78 is 5.32. The van der Waals surface area contributed by atoms with Crippen molar-refractivity contribution in [2.24, 2.45) is 0 Å². The minimum absolute atomic E-state index is 0.358. The fourth-order valence-corrected chi connectivity index (χ4v) is 2.12. The van der Waals surface area contributed by atoms with E-state index in [9.17, 15) is 9.90 Å². The average Bonchev–Trinajstić information content (AvgIpc) is 2.76. The minimum atomic E-state index is -1.32. The first kappa shape index (κ1) is 13.1. The van der Waals surface area contributed by atoms with Crippen molar-refractivity contribution in [1.29, 1.82) is 0 Å². The Morgan fingerprint density at radius 2 is 2.17 bits per heavy atom. The third kappa shape index (κ3) is 2.71. The van der Waals surface area contributed by atoms with E-state index in [1.165, 1.54) is 0 Å². The van der Waals surface area contributed by atoms with Gasteiger partial charge >= 0.3 is 0 Å². The molecule has 1 atom stereocenters. The van der Waals surface area contributed by atoms with E-state index in [0.29, 0.717) is 25.3 Å². The smallest absolute Gasteiger partial charge is 0.256 e. The van der Waals surface area contributed by atoms with Crippen LogP contribution in [0, 0.1) is 0 Å². The number of amides is 1. The van der Waals surface area contributed by atoms with E-state index >= 15 is 0 Å². The van der Waals surface area contributed by atoms with Gasteiger partial charge in [0.25, 0.3) is 5.91 Å². The van der Waals surface area contributed by atoms with Crippen molar-refractivity contribution < 1.29 is 14.6 Å². The fourth-order valence-electron chi connectivity index (χ4n) is 2.12. The van der Waals surface area contributed by atoms with Crippen molar-refractivity contribution in [3.05, 3.63) is 29.3 Å². The molecule has 4 nitrogen and oxygen atoms in total. The predicted octanol–water partition coefficient (Wildman–Crippen LogP) is 2.21. The number of nitrogens with one attached hydrogen (secondary N) is 1. The van der Waals surface area contributed by atoms with Crippen molar-refractivity contribution in [2.75, 3.05) is 5.32 Å². The first-order valence-electron chi connectivity index (χ1n) is 6.26. The Hall–Kier alpha value is -1.39. The monoisotopic (exact) mass is 249 g/mol. The highest BCUT2D eigenvalue weighted by Gasteiger charge is 2.29. The van der Waals surface area contributed by atoms with Gasteiger partial charge in [-0.25, -0.2) is 0 Å². The molecule has 1 aliphatic heterocycles. The molecule has 4 heteroatoms. The number of rotatable bonds is 4. The summed E-state index contributed by atoms with van der Waals surface area (Å²) in [6.07, 6.45) is 1.21. The second kappa shape index (κ2) is 5.08. The summed E-state index contributed by atoms with van der Waals surface area (Å²) >= 11 is 0. The molecule has 2 N–H and O–H groups in total. The lowest BCUT2D eigenvalue weighted by Gasteiger charge is -2.21. The summed E-state index contributed by atoms with van der Waals surface area (Å²) in [5, 5.41) is 12.8. The summed E-state index contributed by atoms with van der Waals surface area (Å²) in [4.78, 5) is 11.9. The number of hydrogen-bond donors (Lipinski definition) is 2. The number of anilines is 1. The zero-order chi connectivity index (χ0) is 13.2. The molecule has 98 valence electrons. The average molecular weight is 249 g/mol. The minimum Gasteiger partial charge on any atom is -0.380 e. The molecule has 1 unspecified atom stereocenters. The summed E-state index contributed by atoms with van der Waals surface area (Å²) in [5.74, 6) is -0.358. The topological polar surface area (TPSA) is 58.6 Å². The lowest BCUT2D eigenvalue weighted by Crippen LogP contribution is -2.39. The number of hydrogen-bond acceptors (Lipinski definition) is 3. The van der Waals surface area contributed by atoms with Crippen LogP contribution in [0.25, 0.3) is 0 Å². The first-order chi connectivity index (χ1) is 8.53. The molecule has 0 saturated heterocycles. The van der Waals surface area contributed by atoms with Crippen LogP contribution in [-0.2, 0) is 22.7 Å². The number of fused-ring (bicyclic) bond motifs is 1. The van der Waals surface area contributed by atoms with Gasteiger partial charge in [-0.1, -0.05) is 19.4 Å². The van der Waals surface area contributed by atoms with Crippen LogP contribution in [0.3, 0.4) is 0 Å². The number of ether oxygens (including phenoxy) is 1. The molecule has 0 bridgehead atoms. The quantitative estimate of drug-likeness (QED) is 0.860. The van der Waals surface area contributed by atoms with Gasteiger partial charge in [-0.2, -0.15) is 0 Å². The Labute approximate surface area is 107 Å². The highest BCUT2D eigenvalue weighted by atomic mass is 16.5. The molecule has 1 heterocycles. The maximum atomic E-state index is 11.9. The molecule has 2 rings (SSSR count). The Morgan fingerprint density at radius 3 is 2.89 bits per heavy atom. The maximum Gasteiger partial charge on any atom is 0.256 e. The normalized spacial score (nSPS) is 17.1. The van der Waals surface area contributed by atoms with Gasteiger partial charge in [0.15, 0.2) is 0 Å². The summed E-state index contributed by atoms with van der Waals surface area (Å²) in [6.45, 7) is 4.71. The molecular formula is C14H19NO3. The second-order valence-electron chi connectivity index (χ2n) is 4.95. The van der Waals surface area contributed by atoms with E-state index in [2.05, 4.69) is 5.32 Å². The molecule has 1 aromatic carbocycles. The molecule has 1 aromatic rings. The Bertz CT molecular complexity index is 454. The van der Waals surface area contributed by atoms with Crippen LogP contribution in [0.4, 0.5) is 5.69 Å². The van der Waals surface area contributed by atoms with Crippen LogP contribution < -0.4 is 5.32 Å². The molecule has 0 aromatic heterocycles. The summed E-state index contributed by atoms with van der Waals surface area (Å²) in [6, 6.07) is 5.70. The molecule has 0 radical (unpaired) electrons. The lowest BCUT2D eigenvalue weighted by atomic mass is 9.99. The number of carbonyl (C=O) groups is 1. The summed E-state index contributed by atoms with van der Waals surface area (Å²) in [7, 11) is 0. The standard InChI is InChI=1S/C14H19NO3/c1-3-6-14(2,17)13(16)15-12-5-4-10-8-18-9-11(10)7-12/h4-5,7,17H,3,6,8-9H2,1-2H3,(H,15,16). The van der Waals surface area contributed by atoms with Crippen molar-refractivity contribution >= 4 is 11.6 Å². The van der Waals surface area contributed by atoms with Crippen LogP contribution >= 0.6 is 0 Å². The van der Waals surface area contributed by atoms with E-state index < -0.39 is 5.60 Å². The molecule has 0 saturated carbocycles. The zero-order valence-electron chi connectivity index (χ0n) is 10.8. The van der Waals surface area contributed by atoms with E-state index in [0.717, 1.165) is 17.5 Å². The SMILES string of the molecule is CCCC(C)(O)C(=O)Nc1ccc2c(c1)COC2. The second-order valence-corrected chi connectivity index (χ2v) is 4.95. The third-order valence-electron chi connectivity index (χ3n) is 3.21. The predicted molar refractivity (Wildman–Crippen MR) is 69.1 cm³/mol. The lowest BCUT2D eigenvalue weighted by molar-refractivity contribution is -0.133. The van der Waals surface area contributed by atoms with Crippen LogP contribution in [0.1, 0.15) is 37.8 Å². The Kier molecular flexibility index (Phi) is 3.68. The van der Waals surface area contributed by atoms with E-state index in [-0.39, 0.29) is 5.91 Å². The van der Waals surface area contributed by atoms with Crippen molar-refractivity contribution in [1.82, 2.24) is 0 Å². The fraction of sp³-hybridized carbons (Fsp3) is 0.500. The highest BCUT2D eigenvalue weighted by molar-refractivity contribution is 5.96. The van der Waals surface area contributed by atoms with Crippen molar-refractivity contribution in [2.45, 2.75) is 45.5 Å². The summed E-state index contributed by atoms with van der Waals surface area (Å²) in [5.41, 5.74) is 1.65. The van der Waals surface area contributed by atoms with Gasteiger partial charge in [0.1, 0.15) is 5.60 Å². The van der Waals surface area contributed by atoms with E-state index in [1.807, 2.05) is 25.1 Å². The largest absolute Gasteiger partial charge is 0.380 e. The van der Waals surface area contributed by atoms with Gasteiger partial charge < -0.3 is 15.2 Å².